The van der Waals surface area contributed by atoms with Gasteiger partial charge in [-0.2, -0.15) is 0 Å². The van der Waals surface area contributed by atoms with Crippen LogP contribution in [-0.2, 0) is 4.74 Å². The van der Waals surface area contributed by atoms with Gasteiger partial charge < -0.3 is 4.74 Å². The van der Waals surface area contributed by atoms with Crippen molar-refractivity contribution in [2.45, 2.75) is 12.8 Å². The molecule has 1 fully saturated rings. The number of hydrogen-bond donors (Lipinski definition) is 0. The van der Waals surface area contributed by atoms with Gasteiger partial charge in [0.2, 0.25) is 5.85 Å². The molecule has 0 aromatic heterocycles. The molecule has 1 atom stereocenters. The molecule has 1 nitrogen and oxygen atoms in total. The van der Waals surface area contributed by atoms with E-state index >= 15 is 0 Å². The lowest BCUT2D eigenvalue weighted by Gasteiger charge is -1.76. The fraction of sp³-hybridized carbons (Fsp3) is 1.00. The van der Waals surface area contributed by atoms with Gasteiger partial charge in [0.15, 0.2) is 0 Å². The number of ether oxygens (including phenoxy) is 1. The predicted molar refractivity (Wildman–Crippen MR) is 15.5 cm³/mol. The second kappa shape index (κ2) is 0.522. The largest absolute Gasteiger partial charge is 0.338 e. The lowest BCUT2D eigenvalue weighted by Crippen LogP contribution is -1.87. The monoisotopic (exact) mass is 76.0 g/mol. The molecular formula is C3H5FO. The van der Waals surface area contributed by atoms with Crippen LogP contribution >= 0.6 is 0 Å². The van der Waals surface area contributed by atoms with Gasteiger partial charge in [0.25, 0.3) is 0 Å². The first kappa shape index (κ1) is 3.09. The van der Waals surface area contributed by atoms with E-state index in [-0.39, 0.29) is 6.61 Å². The minimum Gasteiger partial charge on any atom is -0.338 e. The van der Waals surface area contributed by atoms with Crippen LogP contribution in [0.25, 0.3) is 0 Å². The van der Waals surface area contributed by atoms with Crippen molar-refractivity contribution in [3.63, 3.8) is 0 Å². The molecule has 0 radical (unpaired) electrons. The molecule has 0 aromatic rings. The van der Waals surface area contributed by atoms with Crippen molar-refractivity contribution in [1.82, 2.24) is 0 Å². The van der Waals surface area contributed by atoms with Gasteiger partial charge in [0, 0.05) is 0 Å². The van der Waals surface area contributed by atoms with E-state index < -0.39 is 5.85 Å². The van der Waals surface area contributed by atoms with E-state index in [9.17, 15) is 4.39 Å². The number of halogens is 1. The number of rotatable bonds is 0. The Balaban J connectivity index is 2.38. The smallest absolute Gasteiger partial charge is 0.230 e. The van der Waals surface area contributed by atoms with E-state index in [2.05, 4.69) is 4.74 Å². The van der Waals surface area contributed by atoms with E-state index in [1.807, 2.05) is 0 Å². The summed E-state index contributed by atoms with van der Waals surface area (Å²) >= 11 is 0. The number of hydrogen-bond acceptors (Lipinski definition) is 1. The molecule has 0 spiro atoms. The molecule has 30 valence electrons. The maximum Gasteiger partial charge on any atom is 0.230 e. The van der Waals surface area contributed by atoms with Crippen LogP contribution in [0, 0.1) is 0 Å². The molecule has 5 heavy (non-hydrogen) atoms. The highest BCUT2D eigenvalue weighted by atomic mass is 19.2. The Hall–Kier alpha value is -0.110. The Labute approximate surface area is 29.7 Å². The van der Waals surface area contributed by atoms with Gasteiger partial charge in [-0.05, 0) is 6.92 Å². The number of epoxide rings is 1. The van der Waals surface area contributed by atoms with Gasteiger partial charge in [-0.3, -0.25) is 0 Å². The normalized spacial score (nSPS) is 49.2. The van der Waals surface area contributed by atoms with Gasteiger partial charge >= 0.3 is 0 Å². The van der Waals surface area contributed by atoms with Crippen LogP contribution in [0.4, 0.5) is 4.39 Å². The lowest BCUT2D eigenvalue weighted by molar-refractivity contribution is 0.162. The van der Waals surface area contributed by atoms with Crippen molar-refractivity contribution in [3.8, 4) is 0 Å². The molecule has 0 aromatic carbocycles. The van der Waals surface area contributed by atoms with Gasteiger partial charge in [-0.1, -0.05) is 0 Å². The van der Waals surface area contributed by atoms with Crippen LogP contribution in [0.2, 0.25) is 0 Å². The van der Waals surface area contributed by atoms with Crippen molar-refractivity contribution in [3.05, 3.63) is 0 Å². The first-order valence-electron chi connectivity index (χ1n) is 1.54. The molecule has 1 aliphatic rings. The Morgan fingerprint density at radius 3 is 2.20 bits per heavy atom. The molecule has 0 N–H and O–H groups in total. The molecular weight excluding hydrogens is 71.0 g/mol. The summed E-state index contributed by atoms with van der Waals surface area (Å²) in [6, 6.07) is 0. The van der Waals surface area contributed by atoms with Crippen LogP contribution in [-0.4, -0.2) is 12.5 Å². The Bertz CT molecular complexity index is 44.9. The molecule has 1 aliphatic heterocycles. The molecule has 1 unspecified atom stereocenters. The van der Waals surface area contributed by atoms with Gasteiger partial charge in [-0.15, -0.1) is 0 Å². The third-order valence-corrected chi connectivity index (χ3v) is 0.542. The summed E-state index contributed by atoms with van der Waals surface area (Å²) in [6.45, 7) is 1.69. The quantitative estimate of drug-likeness (QED) is 0.387. The van der Waals surface area contributed by atoms with Crippen molar-refractivity contribution in [1.29, 1.82) is 0 Å². The van der Waals surface area contributed by atoms with Gasteiger partial charge in [0.1, 0.15) is 6.61 Å². The second-order valence-corrected chi connectivity index (χ2v) is 1.39. The van der Waals surface area contributed by atoms with Crippen LogP contribution < -0.4 is 0 Å². The summed E-state index contributed by atoms with van der Waals surface area (Å²) < 4.78 is 15.8. The first-order chi connectivity index (χ1) is 2.21. The van der Waals surface area contributed by atoms with Crippen LogP contribution in [0.3, 0.4) is 0 Å². The Morgan fingerprint density at radius 1 is 2.00 bits per heavy atom. The Morgan fingerprint density at radius 2 is 2.20 bits per heavy atom. The summed E-state index contributed by atoms with van der Waals surface area (Å²) in [5.41, 5.74) is 0. The molecule has 0 bridgehead atoms. The molecule has 2 heteroatoms. The zero-order chi connectivity index (χ0) is 3.91. The maximum absolute atomic E-state index is 11.6. The second-order valence-electron chi connectivity index (χ2n) is 1.39. The van der Waals surface area contributed by atoms with E-state index in [4.69, 9.17) is 0 Å². The van der Waals surface area contributed by atoms with Crippen molar-refractivity contribution in [2.75, 3.05) is 6.61 Å². The van der Waals surface area contributed by atoms with Crippen LogP contribution in [0.1, 0.15) is 6.92 Å². The van der Waals surface area contributed by atoms with Gasteiger partial charge in [0.05, 0.1) is 0 Å². The Kier molecular flexibility index (Phi) is 0.323. The highest BCUT2D eigenvalue weighted by Gasteiger charge is 2.38. The summed E-state index contributed by atoms with van der Waals surface area (Å²) in [5, 5.41) is 0. The SMILES string of the molecule is CC1(F)CO1. The summed E-state index contributed by atoms with van der Waals surface area (Å²) in [5.74, 6) is -1.25. The first-order valence-corrected chi connectivity index (χ1v) is 1.54. The fourth-order valence-corrected chi connectivity index (χ4v) is 0.0994. The standard InChI is InChI=1S/C3H5FO/c1-3(4)2-5-3/h2H2,1H3. The minimum atomic E-state index is -1.25. The average molecular weight is 76.1 g/mol. The van der Waals surface area contributed by atoms with E-state index in [1.165, 1.54) is 6.92 Å². The fourth-order valence-electron chi connectivity index (χ4n) is 0.0994. The zero-order valence-corrected chi connectivity index (χ0v) is 2.99. The summed E-state index contributed by atoms with van der Waals surface area (Å²) in [4.78, 5) is 0. The van der Waals surface area contributed by atoms with Crippen molar-refractivity contribution in [2.24, 2.45) is 0 Å². The maximum atomic E-state index is 11.6. The highest BCUT2D eigenvalue weighted by Crippen LogP contribution is 2.26. The molecule has 1 rings (SSSR count). The van der Waals surface area contributed by atoms with Crippen LogP contribution in [0.15, 0.2) is 0 Å². The number of alkyl halides is 1. The van der Waals surface area contributed by atoms with E-state index in [0.717, 1.165) is 0 Å². The topological polar surface area (TPSA) is 12.5 Å². The van der Waals surface area contributed by atoms with E-state index in [0.29, 0.717) is 0 Å². The average Bonchev–Trinajstić information content (AvgIpc) is 1.76. The molecule has 1 saturated heterocycles. The zero-order valence-electron chi connectivity index (χ0n) is 2.99. The van der Waals surface area contributed by atoms with Crippen LogP contribution in [0.5, 0.6) is 0 Å². The summed E-state index contributed by atoms with van der Waals surface area (Å²) in [7, 11) is 0. The van der Waals surface area contributed by atoms with Crippen molar-refractivity contribution >= 4 is 0 Å². The third kappa shape index (κ3) is 0.581. The molecule has 0 aliphatic carbocycles. The van der Waals surface area contributed by atoms with Crippen molar-refractivity contribution < 1.29 is 9.13 Å². The van der Waals surface area contributed by atoms with E-state index in [1.54, 1.807) is 0 Å². The van der Waals surface area contributed by atoms with Gasteiger partial charge in [-0.25, -0.2) is 4.39 Å². The lowest BCUT2D eigenvalue weighted by atomic mass is 10.5. The molecule has 0 saturated carbocycles. The highest BCUT2D eigenvalue weighted by molar-refractivity contribution is 4.71. The predicted octanol–water partition coefficient (Wildman–Crippen LogP) is 0.702. The third-order valence-electron chi connectivity index (χ3n) is 0.542. The minimum absolute atomic E-state index is 0.285. The molecule has 1 heterocycles. The summed E-state index contributed by atoms with van der Waals surface area (Å²) in [6.07, 6.45) is 0. The molecule has 0 amide bonds.